The molecule has 0 atom stereocenters. The van der Waals surface area contributed by atoms with E-state index in [9.17, 15) is 0 Å². The Bertz CT molecular complexity index is 13.5. The second-order valence-electron chi connectivity index (χ2n) is 0. The summed E-state index contributed by atoms with van der Waals surface area (Å²) >= 11 is 0. The largest absolute Gasteiger partial charge is 2.00 e. The van der Waals surface area contributed by atoms with Gasteiger partial charge >= 0.3 is 37.7 Å². The Morgan fingerprint density at radius 3 is 1.25 bits per heavy atom. The van der Waals surface area contributed by atoms with Crippen molar-refractivity contribution in [2.75, 3.05) is 0 Å². The summed E-state index contributed by atoms with van der Waals surface area (Å²) in [7, 11) is 0. The van der Waals surface area contributed by atoms with Crippen LogP contribution in [0.25, 0.3) is 0 Å². The quantitative estimate of drug-likeness (QED) is 0.417. The van der Waals surface area contributed by atoms with E-state index < -0.39 is 0 Å². The summed E-state index contributed by atoms with van der Waals surface area (Å²) in [5.41, 5.74) is 0. The van der Waals surface area contributed by atoms with Gasteiger partial charge in [0.25, 0.3) is 0 Å². The fourth-order valence-electron chi connectivity index (χ4n) is 0. The molecular weight excluding hydrogens is 147 g/mol. The maximum Gasteiger partial charge on any atom is 2.00 e. The molecule has 28 valence electrons. The summed E-state index contributed by atoms with van der Waals surface area (Å²) in [6, 6.07) is 0. The molecule has 1 nitrogen and oxygen atoms in total. The van der Waals surface area contributed by atoms with Crippen LogP contribution in [0.4, 0.5) is 0 Å². The van der Waals surface area contributed by atoms with Gasteiger partial charge in [0.05, 0.1) is 0 Å². The van der Waals surface area contributed by atoms with Crippen molar-refractivity contribution in [2.45, 2.75) is 0 Å². The van der Waals surface area contributed by atoms with Crippen LogP contribution in [-0.4, -0.2) is 43.2 Å². The summed E-state index contributed by atoms with van der Waals surface area (Å²) in [5, 5.41) is 0. The van der Waals surface area contributed by atoms with Crippen molar-refractivity contribution in [1.29, 1.82) is 0 Å². The Hall–Kier alpha value is 2.03. The Balaban J connectivity index is 0. The number of halogens is 1. The summed E-state index contributed by atoms with van der Waals surface area (Å²) in [6.45, 7) is 0. The van der Waals surface area contributed by atoms with Crippen molar-refractivity contribution in [2.24, 2.45) is 0 Å². The molecule has 4 heavy (non-hydrogen) atoms. The Morgan fingerprint density at radius 2 is 1.25 bits per heavy atom. The van der Waals surface area contributed by atoms with Gasteiger partial charge in [-0.25, -0.2) is 0 Å². The first-order valence-corrected chi connectivity index (χ1v) is 0. The zero-order chi connectivity index (χ0) is 0. The Kier molecular flexibility index (Phi) is 184. The summed E-state index contributed by atoms with van der Waals surface area (Å²) in [6.07, 6.45) is 0. The van der Waals surface area contributed by atoms with Gasteiger partial charge < -0.3 is 8.33 Å². The smallest absolute Gasteiger partial charge is 1.00 e. The topological polar surface area (TPSA) is 31.5 Å². The maximum absolute atomic E-state index is 0. The van der Waals surface area contributed by atoms with Crippen molar-refractivity contribution >= 4 is 50.1 Å². The molecule has 0 rings (SSSR count). The van der Waals surface area contributed by atoms with Crippen LogP contribution in [0.15, 0.2) is 0 Å². The van der Waals surface area contributed by atoms with E-state index in [-0.39, 0.29) is 75.5 Å². The van der Waals surface area contributed by atoms with Crippen LogP contribution in [0.3, 0.4) is 0 Å². The monoisotopic (exact) mass is 152 g/mol. The van der Waals surface area contributed by atoms with Gasteiger partial charge in [-0.3, -0.25) is 0 Å². The molecule has 0 aliphatic heterocycles. The van der Waals surface area contributed by atoms with E-state index in [2.05, 4.69) is 0 Å². The average molecular weight is 152 g/mol. The zero-order valence-electron chi connectivity index (χ0n) is 3.97. The molecule has 0 spiro atoms. The first-order chi connectivity index (χ1) is 0. The molecule has 0 saturated carbocycles. The van der Waals surface area contributed by atoms with E-state index in [0.717, 1.165) is 0 Å². The van der Waals surface area contributed by atoms with Crippen LogP contribution < -0.4 is 0 Å². The van der Waals surface area contributed by atoms with Gasteiger partial charge in [0.1, 0.15) is 0 Å². The van der Waals surface area contributed by atoms with Crippen molar-refractivity contribution in [1.82, 2.24) is 0 Å². The van der Waals surface area contributed by atoms with E-state index in [1.165, 1.54) is 0 Å². The molecule has 0 heterocycles. The summed E-state index contributed by atoms with van der Waals surface area (Å²) in [4.78, 5) is 0. The predicted octanol–water partition coefficient (Wildman–Crippen LogP) is -0.561. The van der Waals surface area contributed by atoms with E-state index in [1.807, 2.05) is 0 Å². The third kappa shape index (κ3) is 8.98. The van der Waals surface area contributed by atoms with Gasteiger partial charge in [-0.2, -0.15) is 0 Å². The van der Waals surface area contributed by atoms with Crippen LogP contribution in [0.1, 0.15) is 2.85 Å². The van der Waals surface area contributed by atoms with Gasteiger partial charge in [0, 0.05) is 17.1 Å². The van der Waals surface area contributed by atoms with Gasteiger partial charge in [-0.15, -0.1) is 12.4 Å². The van der Waals surface area contributed by atoms with Crippen LogP contribution >= 0.6 is 12.4 Å². The number of rotatable bonds is 0. The van der Waals surface area contributed by atoms with Gasteiger partial charge in [0.15, 0.2) is 0 Å². The average Bonchev–Trinajstić information content (AvgIpc) is 0. The fourth-order valence-corrected chi connectivity index (χ4v) is 0. The van der Waals surface area contributed by atoms with E-state index in [4.69, 9.17) is 0 Å². The third-order valence-electron chi connectivity index (χ3n) is 0. The molecular formula is H5CaClFeO. The van der Waals surface area contributed by atoms with Crippen LogP contribution in [0.2, 0.25) is 0 Å². The molecule has 0 fully saturated rings. The maximum atomic E-state index is 0. The molecule has 0 aromatic carbocycles. The molecule has 4 heteroatoms. The Labute approximate surface area is 74.7 Å². The molecule has 0 unspecified atom stereocenters. The zero-order valence-corrected chi connectivity index (χ0v) is 6.10. The van der Waals surface area contributed by atoms with Crippen molar-refractivity contribution in [3.63, 3.8) is 0 Å². The standard InChI is InChI=1S/Ca.ClH.Fe.H2O.2H/h;1H;;1H2;;/q+2;;;;2*-1. The molecule has 2 N–H and O–H groups in total. The van der Waals surface area contributed by atoms with E-state index in [0.29, 0.717) is 0 Å². The minimum absolute atomic E-state index is 0. The number of hydrogen-bond acceptors (Lipinski definition) is 0. The summed E-state index contributed by atoms with van der Waals surface area (Å²) < 4.78 is 0. The molecule has 0 aromatic heterocycles. The second-order valence-corrected chi connectivity index (χ2v) is 0. The van der Waals surface area contributed by atoms with E-state index in [1.54, 1.807) is 0 Å². The molecule has 0 aromatic rings. The molecule has 0 saturated heterocycles. The first kappa shape index (κ1) is 37.0. The van der Waals surface area contributed by atoms with Gasteiger partial charge in [0.2, 0.25) is 0 Å². The van der Waals surface area contributed by atoms with Crippen LogP contribution in [0.5, 0.6) is 0 Å². The number of hydrogen-bond donors (Lipinski definition) is 0. The van der Waals surface area contributed by atoms with E-state index >= 15 is 0 Å². The first-order valence-electron chi connectivity index (χ1n) is 0. The second kappa shape index (κ2) is 19.8. The molecule has 0 radical (unpaired) electrons. The Morgan fingerprint density at radius 1 is 1.25 bits per heavy atom. The minimum atomic E-state index is 0. The molecule has 0 amide bonds. The normalized spacial score (nSPS) is 0. The fraction of sp³-hybridized carbons (Fsp3) is 0. The van der Waals surface area contributed by atoms with Gasteiger partial charge in [-0.05, 0) is 0 Å². The molecule has 0 aliphatic rings. The SMILES string of the molecule is Cl.O.[Ca+2].[Fe].[H-].[H-]. The summed E-state index contributed by atoms with van der Waals surface area (Å²) in [5.74, 6) is 0. The predicted molar refractivity (Wildman–Crippen MR) is 18.8 cm³/mol. The van der Waals surface area contributed by atoms with Crippen LogP contribution in [-0.2, 0) is 17.1 Å². The minimum Gasteiger partial charge on any atom is -1.00 e. The van der Waals surface area contributed by atoms with Gasteiger partial charge in [-0.1, -0.05) is 0 Å². The van der Waals surface area contributed by atoms with Crippen LogP contribution in [0, 0.1) is 0 Å². The van der Waals surface area contributed by atoms with Crippen molar-refractivity contribution in [3.05, 3.63) is 0 Å². The van der Waals surface area contributed by atoms with Crippen molar-refractivity contribution in [3.8, 4) is 0 Å². The third-order valence-corrected chi connectivity index (χ3v) is 0. The molecule has 0 bridgehead atoms. The molecule has 0 aliphatic carbocycles. The van der Waals surface area contributed by atoms with Crippen molar-refractivity contribution < 1.29 is 25.4 Å².